The minimum atomic E-state index is -0.176. The van der Waals surface area contributed by atoms with Crippen LogP contribution in [-0.4, -0.2) is 28.3 Å². The normalized spacial score (nSPS) is 14.6. The number of anilines is 1. The Bertz CT molecular complexity index is 1310. The summed E-state index contributed by atoms with van der Waals surface area (Å²) in [7, 11) is 0. The molecule has 0 unspecified atom stereocenters. The lowest BCUT2D eigenvalue weighted by molar-refractivity contribution is 0.0976. The molecule has 1 aliphatic heterocycles. The molecule has 0 N–H and O–H groups in total. The van der Waals surface area contributed by atoms with E-state index >= 15 is 0 Å². The van der Waals surface area contributed by atoms with Gasteiger partial charge >= 0.3 is 0 Å². The number of aryl methyl sites for hydroxylation is 2. The maximum absolute atomic E-state index is 13.2. The number of piperidine rings is 1. The molecule has 5 rings (SSSR count). The number of aromatic nitrogens is 2. The second-order valence-electron chi connectivity index (χ2n) is 9.02. The van der Waals surface area contributed by atoms with Gasteiger partial charge in [-0.3, -0.25) is 9.20 Å². The topological polar surface area (TPSA) is 37.6 Å². The SMILES string of the molecule is Cc1nc2ccc(Br)cn2c1C(=O)CCc1ccc(N2CCC(c3ccc(F)cc3)CC2)cc1. The van der Waals surface area contributed by atoms with E-state index in [9.17, 15) is 9.18 Å². The second-order valence-corrected chi connectivity index (χ2v) is 9.94. The first-order chi connectivity index (χ1) is 16.5. The molecule has 2 aromatic heterocycles. The van der Waals surface area contributed by atoms with Crippen molar-refractivity contribution in [2.45, 2.75) is 38.5 Å². The third kappa shape index (κ3) is 4.78. The highest BCUT2D eigenvalue weighted by Crippen LogP contribution is 2.31. The molecular weight excluding hydrogens is 493 g/mol. The minimum Gasteiger partial charge on any atom is -0.371 e. The molecule has 0 bridgehead atoms. The van der Waals surface area contributed by atoms with Gasteiger partial charge in [0.05, 0.1) is 5.69 Å². The summed E-state index contributed by atoms with van der Waals surface area (Å²) in [4.78, 5) is 19.9. The van der Waals surface area contributed by atoms with E-state index in [-0.39, 0.29) is 11.6 Å². The van der Waals surface area contributed by atoms with E-state index < -0.39 is 0 Å². The number of rotatable bonds is 6. The average molecular weight is 520 g/mol. The molecule has 0 saturated carbocycles. The van der Waals surface area contributed by atoms with Crippen LogP contribution in [0.2, 0.25) is 0 Å². The third-order valence-electron chi connectivity index (χ3n) is 6.80. The van der Waals surface area contributed by atoms with Gasteiger partial charge in [0.25, 0.3) is 0 Å². The minimum absolute atomic E-state index is 0.107. The zero-order valence-corrected chi connectivity index (χ0v) is 20.8. The lowest BCUT2D eigenvalue weighted by atomic mass is 9.89. The van der Waals surface area contributed by atoms with Crippen LogP contribution in [-0.2, 0) is 6.42 Å². The number of Topliss-reactive ketones (excluding diaryl/α,β-unsaturated/α-hetero) is 1. The van der Waals surface area contributed by atoms with E-state index in [1.165, 1.54) is 11.3 Å². The Morgan fingerprint density at radius 3 is 2.44 bits per heavy atom. The van der Waals surface area contributed by atoms with Gasteiger partial charge < -0.3 is 4.90 Å². The van der Waals surface area contributed by atoms with Gasteiger partial charge in [0.2, 0.25) is 0 Å². The Morgan fingerprint density at radius 1 is 1.03 bits per heavy atom. The molecule has 0 aliphatic carbocycles. The standard InChI is InChI=1S/C28H27BrFN3O/c1-19-28(33-18-23(29)7-13-27(33)31-19)26(34)12-4-20-2-10-25(11-3-20)32-16-14-22(15-17-32)21-5-8-24(30)9-6-21/h2-3,5-11,13,18,22H,4,12,14-17H2,1H3. The van der Waals surface area contributed by atoms with Gasteiger partial charge in [0.15, 0.2) is 5.78 Å². The van der Waals surface area contributed by atoms with Crippen molar-refractivity contribution in [1.82, 2.24) is 9.38 Å². The number of pyridine rings is 1. The molecule has 1 saturated heterocycles. The molecule has 3 heterocycles. The number of hydrogen-bond donors (Lipinski definition) is 0. The molecule has 0 atom stereocenters. The van der Waals surface area contributed by atoms with E-state index in [0.717, 1.165) is 47.3 Å². The number of ketones is 1. The van der Waals surface area contributed by atoms with Crippen LogP contribution < -0.4 is 4.90 Å². The van der Waals surface area contributed by atoms with Crippen molar-refractivity contribution in [2.75, 3.05) is 18.0 Å². The third-order valence-corrected chi connectivity index (χ3v) is 7.27. The number of nitrogens with zero attached hydrogens (tertiary/aromatic N) is 3. The van der Waals surface area contributed by atoms with Crippen molar-refractivity contribution < 1.29 is 9.18 Å². The largest absolute Gasteiger partial charge is 0.371 e. The van der Waals surface area contributed by atoms with Crippen LogP contribution in [0.5, 0.6) is 0 Å². The number of fused-ring (bicyclic) bond motifs is 1. The van der Waals surface area contributed by atoms with Crippen LogP contribution in [0.25, 0.3) is 5.65 Å². The predicted molar refractivity (Wildman–Crippen MR) is 137 cm³/mol. The van der Waals surface area contributed by atoms with Gasteiger partial charge in [-0.2, -0.15) is 0 Å². The first-order valence-electron chi connectivity index (χ1n) is 11.7. The van der Waals surface area contributed by atoms with Gasteiger partial charge in [-0.05, 0) is 95.6 Å². The molecule has 6 heteroatoms. The van der Waals surface area contributed by atoms with E-state index in [1.54, 1.807) is 12.1 Å². The lowest BCUT2D eigenvalue weighted by Gasteiger charge is -2.34. The van der Waals surface area contributed by atoms with Crippen molar-refractivity contribution in [1.29, 1.82) is 0 Å². The maximum Gasteiger partial charge on any atom is 0.181 e. The molecule has 0 spiro atoms. The highest BCUT2D eigenvalue weighted by molar-refractivity contribution is 9.10. The van der Waals surface area contributed by atoms with Crippen molar-refractivity contribution in [2.24, 2.45) is 0 Å². The number of carbonyl (C=O) groups excluding carboxylic acids is 1. The monoisotopic (exact) mass is 519 g/mol. The fourth-order valence-electron chi connectivity index (χ4n) is 4.93. The lowest BCUT2D eigenvalue weighted by Crippen LogP contribution is -2.32. The van der Waals surface area contributed by atoms with Gasteiger partial charge in [-0.25, -0.2) is 9.37 Å². The summed E-state index contributed by atoms with van der Waals surface area (Å²) in [6.07, 6.45) is 5.18. The Morgan fingerprint density at radius 2 is 1.74 bits per heavy atom. The predicted octanol–water partition coefficient (Wildman–Crippen LogP) is 6.74. The number of imidazole rings is 1. The molecule has 1 aliphatic rings. The number of carbonyl (C=O) groups is 1. The quantitative estimate of drug-likeness (QED) is 0.264. The first kappa shape index (κ1) is 22.8. The van der Waals surface area contributed by atoms with Gasteiger partial charge in [-0.15, -0.1) is 0 Å². The fraction of sp³-hybridized carbons (Fsp3) is 0.286. The summed E-state index contributed by atoms with van der Waals surface area (Å²) in [6, 6.07) is 19.4. The number of benzene rings is 2. The molecule has 0 amide bonds. The van der Waals surface area contributed by atoms with Gasteiger partial charge in [0, 0.05) is 35.9 Å². The summed E-state index contributed by atoms with van der Waals surface area (Å²) < 4.78 is 16.0. The summed E-state index contributed by atoms with van der Waals surface area (Å²) >= 11 is 3.48. The zero-order valence-electron chi connectivity index (χ0n) is 19.2. The second kappa shape index (κ2) is 9.71. The van der Waals surface area contributed by atoms with Gasteiger partial charge in [0.1, 0.15) is 17.2 Å². The van der Waals surface area contributed by atoms with E-state index in [4.69, 9.17) is 0 Å². The van der Waals surface area contributed by atoms with Crippen molar-refractivity contribution in [3.8, 4) is 0 Å². The molecule has 34 heavy (non-hydrogen) atoms. The molecular formula is C28H27BrFN3O. The molecule has 2 aromatic carbocycles. The van der Waals surface area contributed by atoms with Crippen molar-refractivity contribution in [3.63, 3.8) is 0 Å². The summed E-state index contributed by atoms with van der Waals surface area (Å²) in [5, 5.41) is 0. The van der Waals surface area contributed by atoms with Crippen molar-refractivity contribution >= 4 is 33.0 Å². The number of hydrogen-bond acceptors (Lipinski definition) is 3. The van der Waals surface area contributed by atoms with E-state index in [1.807, 2.05) is 41.8 Å². The summed E-state index contributed by atoms with van der Waals surface area (Å²) in [5.41, 5.74) is 5.83. The maximum atomic E-state index is 13.2. The van der Waals surface area contributed by atoms with Gasteiger partial charge in [-0.1, -0.05) is 24.3 Å². The average Bonchev–Trinajstić information content (AvgIpc) is 3.18. The summed E-state index contributed by atoms with van der Waals surface area (Å²) in [6.45, 7) is 3.87. The number of halogens is 2. The summed E-state index contributed by atoms with van der Waals surface area (Å²) in [5.74, 6) is 0.422. The van der Waals surface area contributed by atoms with Crippen LogP contribution >= 0.6 is 15.9 Å². The zero-order chi connectivity index (χ0) is 23.7. The Kier molecular flexibility index (Phi) is 6.50. The Labute approximate surface area is 207 Å². The van der Waals surface area contributed by atoms with Crippen molar-refractivity contribution in [3.05, 3.63) is 99.7 Å². The Balaban J connectivity index is 1.18. The van der Waals surface area contributed by atoms with Crippen LogP contribution in [0.4, 0.5) is 10.1 Å². The Hall–Kier alpha value is -2.99. The smallest absolute Gasteiger partial charge is 0.181 e. The van der Waals surface area contributed by atoms with E-state index in [2.05, 4.69) is 50.1 Å². The van der Waals surface area contributed by atoms with Crippen LogP contribution in [0.1, 0.15) is 52.5 Å². The molecule has 4 nitrogen and oxygen atoms in total. The van der Waals surface area contributed by atoms with Crippen LogP contribution in [0.15, 0.2) is 71.3 Å². The highest BCUT2D eigenvalue weighted by atomic mass is 79.9. The van der Waals surface area contributed by atoms with Crippen LogP contribution in [0, 0.1) is 12.7 Å². The van der Waals surface area contributed by atoms with Crippen LogP contribution in [0.3, 0.4) is 0 Å². The first-order valence-corrected chi connectivity index (χ1v) is 12.5. The molecule has 174 valence electrons. The highest BCUT2D eigenvalue weighted by Gasteiger charge is 2.21. The fourth-order valence-corrected chi connectivity index (χ4v) is 5.26. The molecule has 0 radical (unpaired) electrons. The molecule has 1 fully saturated rings. The molecule has 4 aromatic rings. The van der Waals surface area contributed by atoms with E-state index in [0.29, 0.717) is 24.5 Å².